The summed E-state index contributed by atoms with van der Waals surface area (Å²) in [6.45, 7) is 4.21. The lowest BCUT2D eigenvalue weighted by molar-refractivity contribution is -0.141. The van der Waals surface area contributed by atoms with Crippen LogP contribution in [0.2, 0.25) is 0 Å². The van der Waals surface area contributed by atoms with Gasteiger partial charge in [0.15, 0.2) is 0 Å². The highest BCUT2D eigenvalue weighted by Gasteiger charge is 2.34. The molecule has 0 spiro atoms. The zero-order valence-electron chi connectivity index (χ0n) is 12.1. The average molecular weight is 309 g/mol. The van der Waals surface area contributed by atoms with Gasteiger partial charge in [-0.25, -0.2) is 4.79 Å². The molecule has 2 rings (SSSR count). The maximum absolute atomic E-state index is 12.4. The summed E-state index contributed by atoms with van der Waals surface area (Å²) < 4.78 is 12.0. The lowest BCUT2D eigenvalue weighted by Gasteiger charge is -2.21. The van der Waals surface area contributed by atoms with Crippen LogP contribution in [-0.4, -0.2) is 43.9 Å². The number of carbonyl (C=O) groups excluding carboxylic acids is 1. The van der Waals surface area contributed by atoms with Gasteiger partial charge in [0.25, 0.3) is 5.91 Å². The summed E-state index contributed by atoms with van der Waals surface area (Å²) in [5, 5.41) is 9.14. The molecule has 1 aromatic rings. The Morgan fingerprint density at radius 1 is 1.29 bits per heavy atom. The molecule has 1 aliphatic heterocycles. The standard InChI is InChI=1S/C15H19NO4S/c1-10(2)21(20)12-7-5-11(6-8-12)14(17)16-9-3-4-13(16)15(18)19/h5-8,10,13H,3-4,9H2,1-2H3,(H,18,19)/t13-,21+/m0/s1. The molecule has 0 aliphatic carbocycles. The maximum Gasteiger partial charge on any atom is 0.326 e. The predicted molar refractivity (Wildman–Crippen MR) is 79.7 cm³/mol. The molecule has 0 aromatic heterocycles. The molecule has 1 saturated heterocycles. The van der Waals surface area contributed by atoms with Gasteiger partial charge < -0.3 is 10.0 Å². The van der Waals surface area contributed by atoms with Crippen LogP contribution in [-0.2, 0) is 15.6 Å². The number of amides is 1. The molecule has 5 nitrogen and oxygen atoms in total. The Kier molecular flexibility index (Phi) is 4.77. The zero-order valence-corrected chi connectivity index (χ0v) is 12.9. The topological polar surface area (TPSA) is 74.7 Å². The third kappa shape index (κ3) is 3.32. The smallest absolute Gasteiger partial charge is 0.326 e. The third-order valence-corrected chi connectivity index (χ3v) is 5.15. The van der Waals surface area contributed by atoms with Gasteiger partial charge in [-0.05, 0) is 37.1 Å². The first-order valence-corrected chi connectivity index (χ1v) is 8.17. The van der Waals surface area contributed by atoms with Gasteiger partial charge in [-0.3, -0.25) is 9.00 Å². The van der Waals surface area contributed by atoms with Gasteiger partial charge in [0.05, 0.1) is 10.8 Å². The lowest BCUT2D eigenvalue weighted by Crippen LogP contribution is -2.40. The van der Waals surface area contributed by atoms with Gasteiger partial charge in [0.1, 0.15) is 6.04 Å². The van der Waals surface area contributed by atoms with E-state index in [4.69, 9.17) is 5.11 Å². The number of carbonyl (C=O) groups is 2. The van der Waals surface area contributed by atoms with Crippen LogP contribution >= 0.6 is 0 Å². The molecule has 0 radical (unpaired) electrons. The van der Waals surface area contributed by atoms with E-state index in [9.17, 15) is 13.8 Å². The molecular weight excluding hydrogens is 290 g/mol. The lowest BCUT2D eigenvalue weighted by atomic mass is 10.1. The number of benzene rings is 1. The van der Waals surface area contributed by atoms with Crippen molar-refractivity contribution >= 4 is 22.7 Å². The first-order valence-electron chi connectivity index (χ1n) is 6.96. The van der Waals surface area contributed by atoms with Crippen LogP contribution < -0.4 is 0 Å². The van der Waals surface area contributed by atoms with Crippen LogP contribution in [0.4, 0.5) is 0 Å². The van der Waals surface area contributed by atoms with Crippen LogP contribution in [0.25, 0.3) is 0 Å². The summed E-state index contributed by atoms with van der Waals surface area (Å²) >= 11 is 0. The number of rotatable bonds is 4. The number of carboxylic acids is 1. The van der Waals surface area contributed by atoms with Crippen molar-refractivity contribution in [3.8, 4) is 0 Å². The predicted octanol–water partition coefficient (Wildman–Crippen LogP) is 1.89. The molecule has 0 saturated carbocycles. The van der Waals surface area contributed by atoms with Crippen molar-refractivity contribution in [1.82, 2.24) is 4.90 Å². The molecule has 1 aromatic carbocycles. The molecule has 1 fully saturated rings. The molecule has 1 heterocycles. The second-order valence-electron chi connectivity index (χ2n) is 5.37. The molecule has 0 bridgehead atoms. The SMILES string of the molecule is CC(C)[S@@](=O)c1ccc(C(=O)N2CCC[C@H]2C(=O)O)cc1. The maximum atomic E-state index is 12.4. The van der Waals surface area contributed by atoms with Crippen LogP contribution in [0.5, 0.6) is 0 Å². The van der Waals surface area contributed by atoms with E-state index in [0.717, 1.165) is 0 Å². The van der Waals surface area contributed by atoms with Gasteiger partial charge in [-0.15, -0.1) is 0 Å². The third-order valence-electron chi connectivity index (χ3n) is 3.56. The van der Waals surface area contributed by atoms with Crippen LogP contribution in [0, 0.1) is 0 Å². The van der Waals surface area contributed by atoms with E-state index in [1.54, 1.807) is 24.3 Å². The summed E-state index contributed by atoms with van der Waals surface area (Å²) in [7, 11) is -1.09. The van der Waals surface area contributed by atoms with E-state index in [0.29, 0.717) is 29.8 Å². The van der Waals surface area contributed by atoms with E-state index < -0.39 is 22.8 Å². The largest absolute Gasteiger partial charge is 0.480 e. The fraction of sp³-hybridized carbons (Fsp3) is 0.467. The van der Waals surface area contributed by atoms with Crippen molar-refractivity contribution in [2.45, 2.75) is 42.9 Å². The molecule has 1 aliphatic rings. The number of carboxylic acid groups (broad SMARTS) is 1. The minimum Gasteiger partial charge on any atom is -0.480 e. The molecule has 1 N–H and O–H groups in total. The minimum absolute atomic E-state index is 0.0153. The Balaban J connectivity index is 2.17. The summed E-state index contributed by atoms with van der Waals surface area (Å²) in [6.07, 6.45) is 1.20. The van der Waals surface area contributed by atoms with Crippen molar-refractivity contribution in [2.75, 3.05) is 6.54 Å². The fourth-order valence-electron chi connectivity index (χ4n) is 2.44. The first-order chi connectivity index (χ1) is 9.91. The Morgan fingerprint density at radius 3 is 2.43 bits per heavy atom. The van der Waals surface area contributed by atoms with E-state index in [2.05, 4.69) is 0 Å². The van der Waals surface area contributed by atoms with Crippen molar-refractivity contribution in [3.63, 3.8) is 0 Å². The fourth-order valence-corrected chi connectivity index (χ4v) is 3.38. The Bertz CT molecular complexity index is 568. The monoisotopic (exact) mass is 309 g/mol. The van der Waals surface area contributed by atoms with Crippen molar-refractivity contribution in [1.29, 1.82) is 0 Å². The van der Waals surface area contributed by atoms with Crippen LogP contribution in [0.3, 0.4) is 0 Å². The Hall–Kier alpha value is -1.69. The van der Waals surface area contributed by atoms with Gasteiger partial charge in [-0.2, -0.15) is 0 Å². The molecule has 21 heavy (non-hydrogen) atoms. The van der Waals surface area contributed by atoms with Crippen molar-refractivity contribution < 1.29 is 18.9 Å². The zero-order chi connectivity index (χ0) is 15.6. The van der Waals surface area contributed by atoms with Crippen LogP contribution in [0.1, 0.15) is 37.0 Å². The van der Waals surface area contributed by atoms with Crippen LogP contribution in [0.15, 0.2) is 29.2 Å². The molecular formula is C15H19NO4S. The normalized spacial score (nSPS) is 19.8. The highest BCUT2D eigenvalue weighted by atomic mass is 32.2. The van der Waals surface area contributed by atoms with E-state index in [-0.39, 0.29) is 11.2 Å². The van der Waals surface area contributed by atoms with E-state index >= 15 is 0 Å². The number of aliphatic carboxylic acids is 1. The second-order valence-corrected chi connectivity index (χ2v) is 7.37. The molecule has 114 valence electrons. The number of nitrogens with zero attached hydrogens (tertiary/aromatic N) is 1. The highest BCUT2D eigenvalue weighted by molar-refractivity contribution is 7.85. The highest BCUT2D eigenvalue weighted by Crippen LogP contribution is 2.21. The first kappa shape index (κ1) is 15.7. The number of likely N-dealkylation sites (tertiary alicyclic amines) is 1. The van der Waals surface area contributed by atoms with Crippen molar-refractivity contribution in [2.24, 2.45) is 0 Å². The van der Waals surface area contributed by atoms with E-state index in [1.165, 1.54) is 4.90 Å². The summed E-state index contributed by atoms with van der Waals surface area (Å²) in [5.41, 5.74) is 0.438. The molecule has 1 amide bonds. The van der Waals surface area contributed by atoms with Gasteiger partial charge >= 0.3 is 5.97 Å². The summed E-state index contributed by atoms with van der Waals surface area (Å²) in [6, 6.07) is 5.86. The Morgan fingerprint density at radius 2 is 1.90 bits per heavy atom. The molecule has 6 heteroatoms. The molecule has 2 atom stereocenters. The average Bonchev–Trinajstić information content (AvgIpc) is 2.95. The van der Waals surface area contributed by atoms with E-state index in [1.807, 2.05) is 13.8 Å². The minimum atomic E-state index is -1.09. The van der Waals surface area contributed by atoms with Gasteiger partial charge in [0, 0.05) is 22.3 Å². The summed E-state index contributed by atoms with van der Waals surface area (Å²) in [5.74, 6) is -1.24. The quantitative estimate of drug-likeness (QED) is 0.921. The van der Waals surface area contributed by atoms with Gasteiger partial charge in [-0.1, -0.05) is 13.8 Å². The second kappa shape index (κ2) is 6.39. The van der Waals surface area contributed by atoms with Crippen molar-refractivity contribution in [3.05, 3.63) is 29.8 Å². The molecule has 0 unspecified atom stereocenters. The summed E-state index contributed by atoms with van der Waals surface area (Å²) in [4.78, 5) is 25.6. The number of hydrogen-bond acceptors (Lipinski definition) is 3. The number of hydrogen-bond donors (Lipinski definition) is 1. The Labute approximate surface area is 126 Å². The van der Waals surface area contributed by atoms with Gasteiger partial charge in [0.2, 0.25) is 0 Å².